The first-order chi connectivity index (χ1) is 11.6. The molecule has 1 aromatic heterocycles. The molecule has 24 heavy (non-hydrogen) atoms. The average molecular weight is 350 g/mol. The van der Waals surface area contributed by atoms with Crippen LogP contribution < -0.4 is 10.6 Å². The summed E-state index contributed by atoms with van der Waals surface area (Å²) in [4.78, 5) is 15.2. The first-order valence-corrected chi connectivity index (χ1v) is 10.3. The molecule has 1 saturated carbocycles. The van der Waals surface area contributed by atoms with Gasteiger partial charge in [0.15, 0.2) is 0 Å². The fourth-order valence-corrected chi connectivity index (χ4v) is 5.41. The van der Waals surface area contributed by atoms with Gasteiger partial charge in [-0.3, -0.25) is 9.69 Å². The summed E-state index contributed by atoms with van der Waals surface area (Å²) in [5.41, 5.74) is 0. The van der Waals surface area contributed by atoms with E-state index in [1.807, 2.05) is 11.3 Å². The van der Waals surface area contributed by atoms with Gasteiger partial charge in [-0.25, -0.2) is 0 Å². The molecule has 2 atom stereocenters. The Morgan fingerprint density at radius 1 is 1.25 bits per heavy atom. The average Bonchev–Trinajstić information content (AvgIpc) is 3.07. The van der Waals surface area contributed by atoms with Gasteiger partial charge < -0.3 is 10.6 Å². The number of nitrogens with zero attached hydrogens (tertiary/aromatic N) is 1. The molecule has 4 nitrogen and oxygen atoms in total. The van der Waals surface area contributed by atoms with Crippen LogP contribution in [0.1, 0.15) is 56.4 Å². The Hall–Kier alpha value is -0.910. The number of likely N-dealkylation sites (tertiary alicyclic amines) is 1. The lowest BCUT2D eigenvalue weighted by molar-refractivity contribution is -0.119. The van der Waals surface area contributed by atoms with Crippen molar-refractivity contribution in [2.45, 2.75) is 63.6 Å². The third-order valence-electron chi connectivity index (χ3n) is 5.65. The molecule has 0 aromatic carbocycles. The maximum absolute atomic E-state index is 11.2. The Balaban J connectivity index is 1.49. The SMILES string of the molecule is CC(=O)NC1CCC(NC[C@H]2CCCN(C)[C@@H]2c2cccs2)CC1. The second-order valence-electron chi connectivity index (χ2n) is 7.50. The quantitative estimate of drug-likeness (QED) is 0.858. The molecule has 134 valence electrons. The van der Waals surface area contributed by atoms with Crippen LogP contribution in [0, 0.1) is 5.92 Å². The van der Waals surface area contributed by atoms with Crippen molar-refractivity contribution in [3.05, 3.63) is 22.4 Å². The van der Waals surface area contributed by atoms with Crippen molar-refractivity contribution in [2.24, 2.45) is 5.92 Å². The highest BCUT2D eigenvalue weighted by atomic mass is 32.1. The van der Waals surface area contributed by atoms with Gasteiger partial charge in [-0.1, -0.05) is 6.07 Å². The standard InChI is InChI=1S/C19H31N3OS/c1-14(23)21-17-9-7-16(8-10-17)20-13-15-5-3-11-22(2)19(15)18-6-4-12-24-18/h4,6,12,15-17,19-20H,3,5,7-11,13H2,1-2H3,(H,21,23)/t15-,16?,17?,19+/m1/s1. The highest BCUT2D eigenvalue weighted by Gasteiger charge is 2.31. The van der Waals surface area contributed by atoms with Gasteiger partial charge in [0.25, 0.3) is 0 Å². The van der Waals surface area contributed by atoms with Crippen molar-refractivity contribution < 1.29 is 4.79 Å². The molecule has 1 saturated heterocycles. The first-order valence-electron chi connectivity index (χ1n) is 9.37. The molecule has 1 amide bonds. The molecular weight excluding hydrogens is 318 g/mol. The summed E-state index contributed by atoms with van der Waals surface area (Å²) in [5.74, 6) is 0.811. The smallest absolute Gasteiger partial charge is 0.217 e. The minimum atomic E-state index is 0.107. The van der Waals surface area contributed by atoms with E-state index in [0.717, 1.165) is 19.4 Å². The molecule has 5 heteroatoms. The van der Waals surface area contributed by atoms with Crippen molar-refractivity contribution in [2.75, 3.05) is 20.1 Å². The van der Waals surface area contributed by atoms with Gasteiger partial charge in [0.05, 0.1) is 0 Å². The van der Waals surface area contributed by atoms with Crippen molar-refractivity contribution >= 4 is 17.2 Å². The van der Waals surface area contributed by atoms with Gasteiger partial charge in [0.2, 0.25) is 5.91 Å². The van der Waals surface area contributed by atoms with Crippen LogP contribution in [0.4, 0.5) is 0 Å². The lowest BCUT2D eigenvalue weighted by Crippen LogP contribution is -2.45. The zero-order chi connectivity index (χ0) is 16.9. The fourth-order valence-electron chi connectivity index (χ4n) is 4.43. The Morgan fingerprint density at radius 3 is 2.67 bits per heavy atom. The highest BCUT2D eigenvalue weighted by molar-refractivity contribution is 7.10. The van der Waals surface area contributed by atoms with E-state index < -0.39 is 0 Å². The van der Waals surface area contributed by atoms with E-state index in [1.54, 1.807) is 6.92 Å². The molecule has 0 spiro atoms. The zero-order valence-electron chi connectivity index (χ0n) is 15.0. The summed E-state index contributed by atoms with van der Waals surface area (Å²) < 4.78 is 0. The summed E-state index contributed by atoms with van der Waals surface area (Å²) in [6.45, 7) is 3.94. The molecule has 2 heterocycles. The van der Waals surface area contributed by atoms with Crippen LogP contribution in [-0.2, 0) is 4.79 Å². The zero-order valence-corrected chi connectivity index (χ0v) is 15.8. The van der Waals surface area contributed by atoms with Crippen LogP contribution in [-0.4, -0.2) is 43.0 Å². The third-order valence-corrected chi connectivity index (χ3v) is 6.59. The molecule has 0 unspecified atom stereocenters. The Morgan fingerprint density at radius 2 is 2.00 bits per heavy atom. The van der Waals surface area contributed by atoms with E-state index in [2.05, 4.69) is 40.1 Å². The molecule has 2 fully saturated rings. The van der Waals surface area contributed by atoms with Gasteiger partial charge in [-0.2, -0.15) is 0 Å². The van der Waals surface area contributed by atoms with Crippen LogP contribution in [0.5, 0.6) is 0 Å². The molecule has 1 aromatic rings. The molecule has 2 N–H and O–H groups in total. The van der Waals surface area contributed by atoms with Gasteiger partial charge >= 0.3 is 0 Å². The van der Waals surface area contributed by atoms with E-state index in [-0.39, 0.29) is 5.91 Å². The molecule has 0 bridgehead atoms. The Kier molecular flexibility index (Phi) is 6.31. The number of hydrogen-bond acceptors (Lipinski definition) is 4. The van der Waals surface area contributed by atoms with Gasteiger partial charge in [-0.15, -0.1) is 11.3 Å². The van der Waals surface area contributed by atoms with Crippen LogP contribution >= 0.6 is 11.3 Å². The maximum atomic E-state index is 11.2. The van der Waals surface area contributed by atoms with Crippen LogP contribution in [0.25, 0.3) is 0 Å². The second kappa shape index (κ2) is 8.45. The number of thiophene rings is 1. The van der Waals surface area contributed by atoms with Crippen molar-refractivity contribution in [3.63, 3.8) is 0 Å². The molecule has 0 radical (unpaired) electrons. The monoisotopic (exact) mass is 349 g/mol. The largest absolute Gasteiger partial charge is 0.354 e. The van der Waals surface area contributed by atoms with Crippen LogP contribution in [0.3, 0.4) is 0 Å². The predicted octanol–water partition coefficient (Wildman–Crippen LogP) is 3.17. The summed E-state index contributed by atoms with van der Waals surface area (Å²) >= 11 is 1.89. The number of amides is 1. The number of carbonyl (C=O) groups is 1. The molecule has 3 rings (SSSR count). The summed E-state index contributed by atoms with van der Waals surface area (Å²) in [5, 5.41) is 9.11. The lowest BCUT2D eigenvalue weighted by atomic mass is 9.86. The van der Waals surface area contributed by atoms with Gasteiger partial charge in [0, 0.05) is 36.5 Å². The Labute approximate surface area is 150 Å². The van der Waals surface area contributed by atoms with Gasteiger partial charge in [-0.05, 0) is 69.5 Å². The molecule has 1 aliphatic carbocycles. The van der Waals surface area contributed by atoms with E-state index in [0.29, 0.717) is 24.0 Å². The number of hydrogen-bond donors (Lipinski definition) is 2. The van der Waals surface area contributed by atoms with Crippen LogP contribution in [0.15, 0.2) is 17.5 Å². The van der Waals surface area contributed by atoms with E-state index >= 15 is 0 Å². The topological polar surface area (TPSA) is 44.4 Å². The minimum absolute atomic E-state index is 0.107. The molecular formula is C19H31N3OS. The molecule has 1 aliphatic heterocycles. The van der Waals surface area contributed by atoms with E-state index in [1.165, 1.54) is 37.1 Å². The van der Waals surface area contributed by atoms with Crippen molar-refractivity contribution in [3.8, 4) is 0 Å². The third kappa shape index (κ3) is 4.58. The predicted molar refractivity (Wildman–Crippen MR) is 100 cm³/mol. The summed E-state index contributed by atoms with van der Waals surface area (Å²) in [6, 6.07) is 6.05. The van der Waals surface area contributed by atoms with Crippen molar-refractivity contribution in [1.82, 2.24) is 15.5 Å². The van der Waals surface area contributed by atoms with Gasteiger partial charge in [0.1, 0.15) is 0 Å². The summed E-state index contributed by atoms with van der Waals surface area (Å²) in [7, 11) is 2.27. The minimum Gasteiger partial charge on any atom is -0.354 e. The first kappa shape index (κ1) is 17.9. The second-order valence-corrected chi connectivity index (χ2v) is 8.48. The number of carbonyl (C=O) groups excluding carboxylic acids is 1. The number of rotatable bonds is 5. The van der Waals surface area contributed by atoms with Crippen molar-refractivity contribution in [1.29, 1.82) is 0 Å². The summed E-state index contributed by atoms with van der Waals surface area (Å²) in [6.07, 6.45) is 7.20. The number of nitrogens with one attached hydrogen (secondary N) is 2. The Bertz CT molecular complexity index is 511. The fraction of sp³-hybridized carbons (Fsp3) is 0.737. The number of piperidine rings is 1. The highest BCUT2D eigenvalue weighted by Crippen LogP contribution is 2.37. The van der Waals surface area contributed by atoms with E-state index in [9.17, 15) is 4.79 Å². The maximum Gasteiger partial charge on any atom is 0.217 e. The van der Waals surface area contributed by atoms with E-state index in [4.69, 9.17) is 0 Å². The lowest BCUT2D eigenvalue weighted by Gasteiger charge is -2.40. The normalized spacial score (nSPS) is 31.8. The van der Waals surface area contributed by atoms with Crippen LogP contribution in [0.2, 0.25) is 0 Å². The molecule has 2 aliphatic rings.